The van der Waals surface area contributed by atoms with Crippen molar-refractivity contribution in [1.29, 1.82) is 5.26 Å². The summed E-state index contributed by atoms with van der Waals surface area (Å²) in [5, 5.41) is 9.70. The highest BCUT2D eigenvalue weighted by Gasteiger charge is 2.26. The summed E-state index contributed by atoms with van der Waals surface area (Å²) in [5.74, 6) is -0.823. The molecule has 25 heavy (non-hydrogen) atoms. The van der Waals surface area contributed by atoms with Crippen LogP contribution in [-0.4, -0.2) is 16.5 Å². The van der Waals surface area contributed by atoms with E-state index < -0.39 is 5.92 Å². The van der Waals surface area contributed by atoms with Gasteiger partial charge >= 0.3 is 0 Å². The summed E-state index contributed by atoms with van der Waals surface area (Å²) in [6.45, 7) is 0. The van der Waals surface area contributed by atoms with Crippen molar-refractivity contribution in [3.63, 3.8) is 0 Å². The van der Waals surface area contributed by atoms with Crippen LogP contribution < -0.4 is 0 Å². The average Bonchev–Trinajstić information content (AvgIpc) is 2.70. The van der Waals surface area contributed by atoms with E-state index >= 15 is 0 Å². The fourth-order valence-corrected chi connectivity index (χ4v) is 2.46. The van der Waals surface area contributed by atoms with Gasteiger partial charge in [-0.15, -0.1) is 0 Å². The molecule has 3 aromatic rings. The van der Waals surface area contributed by atoms with Crippen LogP contribution in [0.15, 0.2) is 90.1 Å². The summed E-state index contributed by atoms with van der Waals surface area (Å²) in [6, 6.07) is 25.5. The molecule has 0 saturated heterocycles. The van der Waals surface area contributed by atoms with Crippen LogP contribution in [-0.2, 0) is 0 Å². The first kappa shape index (κ1) is 16.3. The molecule has 4 heteroatoms. The van der Waals surface area contributed by atoms with E-state index in [1.807, 2.05) is 42.5 Å². The summed E-state index contributed by atoms with van der Waals surface area (Å²) in [5.41, 5.74) is 1.61. The van der Waals surface area contributed by atoms with E-state index in [1.54, 1.807) is 42.6 Å². The van der Waals surface area contributed by atoms with Gasteiger partial charge in [-0.05, 0) is 17.7 Å². The molecule has 0 spiro atoms. The maximum absolute atomic E-state index is 12.9. The third kappa shape index (κ3) is 3.85. The van der Waals surface area contributed by atoms with Crippen molar-refractivity contribution in [3.05, 3.63) is 96.2 Å². The van der Waals surface area contributed by atoms with Gasteiger partial charge in [0.2, 0.25) is 0 Å². The molecule has 0 aliphatic rings. The third-order valence-corrected chi connectivity index (χ3v) is 3.68. The van der Waals surface area contributed by atoms with Gasteiger partial charge in [0, 0.05) is 11.8 Å². The van der Waals surface area contributed by atoms with Gasteiger partial charge in [-0.25, -0.2) is 9.98 Å². The number of carbonyl (C=O) groups is 1. The van der Waals surface area contributed by atoms with Gasteiger partial charge in [0.1, 0.15) is 0 Å². The lowest BCUT2D eigenvalue weighted by Crippen LogP contribution is -2.24. The van der Waals surface area contributed by atoms with E-state index in [1.165, 1.54) is 0 Å². The first-order chi connectivity index (χ1) is 12.3. The first-order valence-electron chi connectivity index (χ1n) is 7.83. The number of nitriles is 1. The minimum Gasteiger partial charge on any atom is -0.292 e. The van der Waals surface area contributed by atoms with E-state index in [-0.39, 0.29) is 5.78 Å². The molecule has 1 unspecified atom stereocenters. The first-order valence-corrected chi connectivity index (χ1v) is 7.83. The number of hydrogen-bond acceptors (Lipinski definition) is 4. The molecule has 120 valence electrons. The Balaban J connectivity index is 2.09. The lowest BCUT2D eigenvalue weighted by molar-refractivity contribution is 0.0975. The van der Waals surface area contributed by atoms with E-state index in [2.05, 4.69) is 16.0 Å². The number of Topliss-reactive ketones (excluding diaryl/α,β-unsaturated/α-hetero) is 1. The number of nitrogens with zero attached hydrogens (tertiary/aromatic N) is 3. The summed E-state index contributed by atoms with van der Waals surface area (Å²) in [4.78, 5) is 21.6. The highest BCUT2D eigenvalue weighted by atomic mass is 16.1. The van der Waals surface area contributed by atoms with Crippen LogP contribution in [0, 0.1) is 17.2 Å². The summed E-state index contributed by atoms with van der Waals surface area (Å²) in [6.07, 6.45) is 1.63. The third-order valence-electron chi connectivity index (χ3n) is 3.68. The average molecular weight is 325 g/mol. The Morgan fingerprint density at radius 2 is 1.48 bits per heavy atom. The zero-order valence-corrected chi connectivity index (χ0v) is 13.4. The molecule has 4 nitrogen and oxygen atoms in total. The van der Waals surface area contributed by atoms with Crippen molar-refractivity contribution in [2.75, 3.05) is 0 Å². The predicted octanol–water partition coefficient (Wildman–Crippen LogP) is 4.23. The van der Waals surface area contributed by atoms with Crippen LogP contribution >= 0.6 is 0 Å². The largest absolute Gasteiger partial charge is 0.292 e. The van der Waals surface area contributed by atoms with E-state index in [0.29, 0.717) is 17.1 Å². The van der Waals surface area contributed by atoms with Gasteiger partial charge in [-0.2, -0.15) is 5.26 Å². The van der Waals surface area contributed by atoms with Crippen molar-refractivity contribution in [2.45, 2.75) is 0 Å². The number of ketones is 1. The summed E-state index contributed by atoms with van der Waals surface area (Å²) < 4.78 is 0. The van der Waals surface area contributed by atoms with Crippen LogP contribution in [0.4, 0.5) is 5.82 Å². The smallest absolute Gasteiger partial charge is 0.186 e. The molecule has 1 aromatic heterocycles. The van der Waals surface area contributed by atoms with Crippen molar-refractivity contribution < 1.29 is 4.79 Å². The lowest BCUT2D eigenvalue weighted by atomic mass is 9.90. The fourth-order valence-electron chi connectivity index (χ4n) is 2.46. The highest BCUT2D eigenvalue weighted by molar-refractivity contribution is 6.20. The second-order valence-corrected chi connectivity index (χ2v) is 5.34. The maximum atomic E-state index is 12.9. The Bertz CT molecular complexity index is 914. The van der Waals surface area contributed by atoms with Gasteiger partial charge in [0.05, 0.1) is 11.8 Å². The minimum absolute atomic E-state index is 0.276. The monoisotopic (exact) mass is 325 g/mol. The molecule has 1 atom stereocenters. The van der Waals surface area contributed by atoms with Crippen molar-refractivity contribution in [3.8, 4) is 6.07 Å². The van der Waals surface area contributed by atoms with Crippen LogP contribution in [0.1, 0.15) is 15.9 Å². The van der Waals surface area contributed by atoms with E-state index in [4.69, 9.17) is 0 Å². The van der Waals surface area contributed by atoms with Crippen LogP contribution in [0.25, 0.3) is 0 Å². The van der Waals surface area contributed by atoms with Crippen molar-refractivity contribution in [1.82, 2.24) is 4.98 Å². The van der Waals surface area contributed by atoms with Crippen LogP contribution in [0.2, 0.25) is 0 Å². The zero-order chi connectivity index (χ0) is 17.5. The highest BCUT2D eigenvalue weighted by Crippen LogP contribution is 2.19. The lowest BCUT2D eigenvalue weighted by Gasteiger charge is -2.12. The number of benzene rings is 2. The van der Waals surface area contributed by atoms with Gasteiger partial charge < -0.3 is 0 Å². The molecule has 0 aliphatic carbocycles. The van der Waals surface area contributed by atoms with Gasteiger partial charge in [-0.1, -0.05) is 66.7 Å². The fraction of sp³-hybridized carbons (Fsp3) is 0.0476. The normalized spacial score (nSPS) is 12.2. The Morgan fingerprint density at radius 3 is 2.04 bits per heavy atom. The van der Waals surface area contributed by atoms with Gasteiger partial charge in [0.25, 0.3) is 0 Å². The molecule has 2 aromatic carbocycles. The molecular weight excluding hydrogens is 310 g/mol. The molecule has 0 bridgehead atoms. The number of hydrogen-bond donors (Lipinski definition) is 0. The predicted molar refractivity (Wildman–Crippen MR) is 96.8 cm³/mol. The molecule has 0 fully saturated rings. The Hall–Kier alpha value is -3.58. The molecule has 0 radical (unpaired) electrons. The van der Waals surface area contributed by atoms with Crippen LogP contribution in [0.3, 0.4) is 0 Å². The minimum atomic E-state index is -1.01. The second kappa shape index (κ2) is 7.80. The van der Waals surface area contributed by atoms with Crippen LogP contribution in [0.5, 0.6) is 0 Å². The quantitative estimate of drug-likeness (QED) is 0.521. The van der Waals surface area contributed by atoms with Gasteiger partial charge in [-0.3, -0.25) is 4.79 Å². The van der Waals surface area contributed by atoms with Crippen molar-refractivity contribution >= 4 is 17.3 Å². The second-order valence-electron chi connectivity index (χ2n) is 5.34. The molecule has 0 amide bonds. The number of aliphatic imine (C=N–C) groups is 1. The molecule has 0 aliphatic heterocycles. The number of carbonyl (C=O) groups excluding carboxylic acids is 1. The molecule has 1 heterocycles. The number of aromatic nitrogens is 1. The summed E-state index contributed by atoms with van der Waals surface area (Å²) >= 11 is 0. The number of rotatable bonds is 5. The number of pyridine rings is 1. The van der Waals surface area contributed by atoms with Crippen molar-refractivity contribution in [2.24, 2.45) is 10.9 Å². The summed E-state index contributed by atoms with van der Waals surface area (Å²) in [7, 11) is 0. The Morgan fingerprint density at radius 1 is 0.880 bits per heavy atom. The SMILES string of the molecule is N#CC(C(=O)c1ccccc1)C(=Nc1ccccn1)c1ccccc1. The topological polar surface area (TPSA) is 66.1 Å². The molecule has 3 rings (SSSR count). The zero-order valence-electron chi connectivity index (χ0n) is 13.4. The van der Waals surface area contributed by atoms with E-state index in [0.717, 1.165) is 5.56 Å². The molecular formula is C21H15N3O. The Labute approximate surface area is 146 Å². The standard InChI is InChI=1S/C21H15N3O/c22-15-18(21(25)17-11-5-2-6-12-17)20(16-9-3-1-4-10-16)24-19-13-7-8-14-23-19/h1-14,18H. The molecule has 0 N–H and O–H groups in total. The van der Waals surface area contributed by atoms with E-state index in [9.17, 15) is 10.1 Å². The maximum Gasteiger partial charge on any atom is 0.186 e. The molecule has 0 saturated carbocycles. The Kier molecular flexibility index (Phi) is 5.08. The van der Waals surface area contributed by atoms with Gasteiger partial charge in [0.15, 0.2) is 17.5 Å².